The Labute approximate surface area is 154 Å². The van der Waals surface area contributed by atoms with Gasteiger partial charge in [0, 0.05) is 16.7 Å². The van der Waals surface area contributed by atoms with E-state index in [1.54, 1.807) is 31.2 Å². The maximum atomic E-state index is 12.5. The molecule has 0 bridgehead atoms. The lowest BCUT2D eigenvalue weighted by Crippen LogP contribution is -2.29. The van der Waals surface area contributed by atoms with Crippen LogP contribution in [0, 0.1) is 11.3 Å². The van der Waals surface area contributed by atoms with Crippen molar-refractivity contribution in [2.45, 2.75) is 53.1 Å². The van der Waals surface area contributed by atoms with Gasteiger partial charge in [-0.3, -0.25) is 14.4 Å². The Bertz CT molecular complexity index is 698. The number of Topliss-reactive ketones (excluding diaryl/α,β-unsaturated/α-hetero) is 1. The van der Waals surface area contributed by atoms with Crippen LogP contribution in [0.1, 0.15) is 57.3 Å². The molecule has 1 aliphatic rings. The lowest BCUT2D eigenvalue weighted by molar-refractivity contribution is -0.151. The number of esters is 1. The van der Waals surface area contributed by atoms with E-state index in [0.29, 0.717) is 17.7 Å². The van der Waals surface area contributed by atoms with Crippen LogP contribution in [-0.4, -0.2) is 23.8 Å². The highest BCUT2D eigenvalue weighted by atomic mass is 16.5. The van der Waals surface area contributed by atoms with E-state index in [1.807, 2.05) is 26.8 Å². The van der Waals surface area contributed by atoms with Gasteiger partial charge in [-0.1, -0.05) is 32.9 Å². The van der Waals surface area contributed by atoms with Crippen LogP contribution in [0.15, 0.2) is 36.4 Å². The molecule has 0 radical (unpaired) electrons. The fraction of sp³-hybridized carbons (Fsp3) is 0.476. The van der Waals surface area contributed by atoms with Gasteiger partial charge in [0.2, 0.25) is 11.7 Å². The smallest absolute Gasteiger partial charge is 0.309 e. The number of benzene rings is 1. The summed E-state index contributed by atoms with van der Waals surface area (Å²) in [5.74, 6) is -0.826. The van der Waals surface area contributed by atoms with Gasteiger partial charge in [0.1, 0.15) is 0 Å². The van der Waals surface area contributed by atoms with E-state index >= 15 is 0 Å². The Morgan fingerprint density at radius 3 is 2.31 bits per heavy atom. The average molecular weight is 357 g/mol. The highest BCUT2D eigenvalue weighted by Crippen LogP contribution is 2.21. The van der Waals surface area contributed by atoms with Crippen LogP contribution < -0.4 is 5.32 Å². The minimum atomic E-state index is -0.830. The number of nitrogens with one attached hydrogen (secondary N) is 1. The summed E-state index contributed by atoms with van der Waals surface area (Å²) in [5.41, 5.74) is 0.577. The minimum Gasteiger partial charge on any atom is -0.454 e. The molecule has 26 heavy (non-hydrogen) atoms. The molecule has 1 aromatic carbocycles. The average Bonchev–Trinajstić information content (AvgIpc) is 2.61. The van der Waals surface area contributed by atoms with Crippen molar-refractivity contribution in [3.05, 3.63) is 42.0 Å². The molecule has 0 saturated carbocycles. The first kappa shape index (κ1) is 19.9. The predicted molar refractivity (Wildman–Crippen MR) is 101 cm³/mol. The molecule has 1 aliphatic carbocycles. The molecule has 0 spiro atoms. The second kappa shape index (κ2) is 8.30. The lowest BCUT2D eigenvalue weighted by Gasteiger charge is -2.20. The second-order valence-corrected chi connectivity index (χ2v) is 7.71. The SMILES string of the molecule is CC(OC(=O)C1CC=CCC1)C(=O)c1ccc(NC(=O)C(C)(C)C)cc1. The van der Waals surface area contributed by atoms with Gasteiger partial charge >= 0.3 is 5.97 Å². The van der Waals surface area contributed by atoms with Crippen molar-refractivity contribution in [1.29, 1.82) is 0 Å². The number of hydrogen-bond donors (Lipinski definition) is 1. The predicted octanol–water partition coefficient (Wildman–Crippen LogP) is 4.14. The number of anilines is 1. The highest BCUT2D eigenvalue weighted by molar-refractivity contribution is 6.01. The quantitative estimate of drug-likeness (QED) is 0.488. The van der Waals surface area contributed by atoms with Crippen LogP contribution in [0.25, 0.3) is 0 Å². The van der Waals surface area contributed by atoms with Crippen molar-refractivity contribution in [2.75, 3.05) is 5.32 Å². The summed E-state index contributed by atoms with van der Waals surface area (Å²) in [6.45, 7) is 7.09. The summed E-state index contributed by atoms with van der Waals surface area (Å²) >= 11 is 0. The molecule has 0 aromatic heterocycles. The van der Waals surface area contributed by atoms with Gasteiger partial charge in [-0.2, -0.15) is 0 Å². The molecule has 1 amide bonds. The summed E-state index contributed by atoms with van der Waals surface area (Å²) in [7, 11) is 0. The summed E-state index contributed by atoms with van der Waals surface area (Å²) in [6.07, 6.45) is 5.50. The minimum absolute atomic E-state index is 0.0968. The molecule has 2 atom stereocenters. The van der Waals surface area contributed by atoms with E-state index in [9.17, 15) is 14.4 Å². The van der Waals surface area contributed by atoms with Gasteiger partial charge < -0.3 is 10.1 Å². The summed E-state index contributed by atoms with van der Waals surface area (Å²) in [4.78, 5) is 36.6. The van der Waals surface area contributed by atoms with Crippen LogP contribution in [0.5, 0.6) is 0 Å². The Balaban J connectivity index is 1.95. The van der Waals surface area contributed by atoms with Gasteiger partial charge in [-0.25, -0.2) is 0 Å². The number of ketones is 1. The topological polar surface area (TPSA) is 72.5 Å². The van der Waals surface area contributed by atoms with E-state index in [2.05, 4.69) is 11.4 Å². The Morgan fingerprint density at radius 2 is 1.77 bits per heavy atom. The summed E-state index contributed by atoms with van der Waals surface area (Å²) < 4.78 is 5.35. The van der Waals surface area contributed by atoms with Crippen molar-refractivity contribution < 1.29 is 19.1 Å². The van der Waals surface area contributed by atoms with Gasteiger partial charge in [0.15, 0.2) is 6.10 Å². The maximum Gasteiger partial charge on any atom is 0.309 e. The fourth-order valence-electron chi connectivity index (χ4n) is 2.60. The number of amides is 1. The monoisotopic (exact) mass is 357 g/mol. The molecule has 1 N–H and O–H groups in total. The van der Waals surface area contributed by atoms with Crippen LogP contribution in [-0.2, 0) is 14.3 Å². The Kier molecular flexibility index (Phi) is 6.35. The molecule has 5 heteroatoms. The first-order valence-corrected chi connectivity index (χ1v) is 8.99. The first-order valence-electron chi connectivity index (χ1n) is 8.99. The molecule has 5 nitrogen and oxygen atoms in total. The molecule has 1 aromatic rings. The Hall–Kier alpha value is -2.43. The number of allylic oxidation sites excluding steroid dienone is 2. The Morgan fingerprint density at radius 1 is 1.12 bits per heavy atom. The zero-order valence-electron chi connectivity index (χ0n) is 15.9. The van der Waals surface area contributed by atoms with Gasteiger partial charge in [0.05, 0.1) is 5.92 Å². The number of carbonyl (C=O) groups is 3. The van der Waals surface area contributed by atoms with E-state index in [-0.39, 0.29) is 23.6 Å². The fourth-order valence-corrected chi connectivity index (χ4v) is 2.60. The largest absolute Gasteiger partial charge is 0.454 e. The van der Waals surface area contributed by atoms with Crippen molar-refractivity contribution >= 4 is 23.3 Å². The maximum absolute atomic E-state index is 12.5. The van der Waals surface area contributed by atoms with Crippen LogP contribution in [0.4, 0.5) is 5.69 Å². The van der Waals surface area contributed by atoms with Gasteiger partial charge in [-0.15, -0.1) is 0 Å². The molecule has 2 rings (SSSR count). The van der Waals surface area contributed by atoms with E-state index < -0.39 is 11.5 Å². The van der Waals surface area contributed by atoms with Gasteiger partial charge in [0.25, 0.3) is 0 Å². The third-order valence-electron chi connectivity index (χ3n) is 4.37. The number of ether oxygens (including phenoxy) is 1. The molecular weight excluding hydrogens is 330 g/mol. The van der Waals surface area contributed by atoms with E-state index in [0.717, 1.165) is 12.8 Å². The van der Waals surface area contributed by atoms with Crippen molar-refractivity contribution in [2.24, 2.45) is 11.3 Å². The van der Waals surface area contributed by atoms with Gasteiger partial charge in [-0.05, 0) is 50.5 Å². The normalized spacial score (nSPS) is 18.1. The zero-order valence-corrected chi connectivity index (χ0v) is 15.9. The lowest BCUT2D eigenvalue weighted by atomic mass is 9.94. The molecule has 0 heterocycles. The van der Waals surface area contributed by atoms with Crippen molar-refractivity contribution in [3.63, 3.8) is 0 Å². The standard InChI is InChI=1S/C21H27NO4/c1-14(26-19(24)16-8-6-5-7-9-16)18(23)15-10-12-17(13-11-15)22-20(25)21(2,3)4/h5-6,10-14,16H,7-9H2,1-4H3,(H,22,25). The van der Waals surface area contributed by atoms with Crippen LogP contribution >= 0.6 is 0 Å². The molecule has 2 unspecified atom stereocenters. The molecule has 0 aliphatic heterocycles. The van der Waals surface area contributed by atoms with Crippen molar-refractivity contribution in [3.8, 4) is 0 Å². The van der Waals surface area contributed by atoms with Crippen molar-refractivity contribution in [1.82, 2.24) is 0 Å². The molecule has 0 saturated heterocycles. The zero-order chi connectivity index (χ0) is 19.3. The number of rotatable bonds is 5. The number of carbonyl (C=O) groups excluding carboxylic acids is 3. The molecule has 0 fully saturated rings. The highest BCUT2D eigenvalue weighted by Gasteiger charge is 2.26. The van der Waals surface area contributed by atoms with Crippen LogP contribution in [0.3, 0.4) is 0 Å². The third kappa shape index (κ3) is 5.28. The third-order valence-corrected chi connectivity index (χ3v) is 4.37. The second-order valence-electron chi connectivity index (χ2n) is 7.71. The summed E-state index contributed by atoms with van der Waals surface area (Å²) in [5, 5.41) is 2.81. The number of hydrogen-bond acceptors (Lipinski definition) is 4. The first-order chi connectivity index (χ1) is 12.2. The molecular formula is C21H27NO4. The van der Waals surface area contributed by atoms with Crippen LogP contribution in [0.2, 0.25) is 0 Å². The summed E-state index contributed by atoms with van der Waals surface area (Å²) in [6, 6.07) is 6.62. The van der Waals surface area contributed by atoms with E-state index in [1.165, 1.54) is 0 Å². The molecule has 140 valence electrons. The van der Waals surface area contributed by atoms with E-state index in [4.69, 9.17) is 4.74 Å².